The van der Waals surface area contributed by atoms with Crippen molar-refractivity contribution in [2.24, 2.45) is 0 Å². The molecule has 0 aliphatic rings. The van der Waals surface area contributed by atoms with Gasteiger partial charge in [-0.3, -0.25) is 4.31 Å². The van der Waals surface area contributed by atoms with E-state index in [9.17, 15) is 8.42 Å². The fourth-order valence-electron chi connectivity index (χ4n) is 2.56. The van der Waals surface area contributed by atoms with Crippen LogP contribution in [-0.4, -0.2) is 43.4 Å². The minimum atomic E-state index is -3.84. The molecule has 26 heavy (non-hydrogen) atoms. The van der Waals surface area contributed by atoms with Gasteiger partial charge in [0.1, 0.15) is 11.5 Å². The molecule has 7 nitrogen and oxygen atoms in total. The first-order chi connectivity index (χ1) is 12.4. The summed E-state index contributed by atoms with van der Waals surface area (Å²) in [6.45, 7) is 1.97. The van der Waals surface area contributed by atoms with E-state index in [1.165, 1.54) is 44.9 Å². The van der Waals surface area contributed by atoms with Gasteiger partial charge in [-0.1, -0.05) is 0 Å². The molecule has 142 valence electrons. The molecule has 0 saturated carbocycles. The van der Waals surface area contributed by atoms with Gasteiger partial charge in [-0.05, 0) is 31.2 Å². The highest BCUT2D eigenvalue weighted by Gasteiger charge is 2.27. The number of rotatable bonds is 8. The van der Waals surface area contributed by atoms with Crippen LogP contribution in [0.4, 0.5) is 5.69 Å². The van der Waals surface area contributed by atoms with Gasteiger partial charge in [0.15, 0.2) is 11.5 Å². The van der Waals surface area contributed by atoms with Gasteiger partial charge >= 0.3 is 0 Å². The van der Waals surface area contributed by atoms with Crippen molar-refractivity contribution in [2.75, 3.05) is 39.3 Å². The molecule has 0 N–H and O–H groups in total. The average molecular weight is 381 g/mol. The molecule has 0 radical (unpaired) electrons. The van der Waals surface area contributed by atoms with Crippen LogP contribution in [-0.2, 0) is 10.0 Å². The molecule has 0 aliphatic heterocycles. The Morgan fingerprint density at radius 1 is 0.808 bits per heavy atom. The number of nitrogens with zero attached hydrogens (tertiary/aromatic N) is 1. The second-order valence-corrected chi connectivity index (χ2v) is 7.09. The first-order valence-electron chi connectivity index (χ1n) is 7.89. The number of anilines is 1. The summed E-state index contributed by atoms with van der Waals surface area (Å²) >= 11 is 0. The summed E-state index contributed by atoms with van der Waals surface area (Å²) < 4.78 is 48.6. The lowest BCUT2D eigenvalue weighted by molar-refractivity contribution is 0.354. The fourth-order valence-corrected chi connectivity index (χ4v) is 4.07. The topological polar surface area (TPSA) is 74.3 Å². The molecule has 0 fully saturated rings. The average Bonchev–Trinajstić information content (AvgIpc) is 2.67. The summed E-state index contributed by atoms with van der Waals surface area (Å²) in [5, 5.41) is 0. The second-order valence-electron chi connectivity index (χ2n) is 5.22. The van der Waals surface area contributed by atoms with E-state index < -0.39 is 10.0 Å². The maximum absolute atomic E-state index is 13.2. The normalized spacial score (nSPS) is 11.0. The summed E-state index contributed by atoms with van der Waals surface area (Å²) in [4.78, 5) is 0.0925. The molecule has 2 rings (SSSR count). The van der Waals surface area contributed by atoms with E-state index in [2.05, 4.69) is 0 Å². The molecule has 0 saturated heterocycles. The molecule has 0 bridgehead atoms. The van der Waals surface area contributed by atoms with E-state index in [-0.39, 0.29) is 11.4 Å². The van der Waals surface area contributed by atoms with Gasteiger partial charge in [0.25, 0.3) is 10.0 Å². The van der Waals surface area contributed by atoms with Crippen molar-refractivity contribution >= 4 is 15.7 Å². The number of ether oxygens (including phenoxy) is 4. The zero-order chi connectivity index (χ0) is 19.3. The predicted molar refractivity (Wildman–Crippen MR) is 99.3 cm³/mol. The minimum absolute atomic E-state index is 0.0925. The Kier molecular flexibility index (Phi) is 6.20. The first kappa shape index (κ1) is 19.7. The van der Waals surface area contributed by atoms with Crippen LogP contribution >= 0.6 is 0 Å². The Labute approximate surface area is 154 Å². The van der Waals surface area contributed by atoms with Crippen LogP contribution in [0.2, 0.25) is 0 Å². The summed E-state index contributed by atoms with van der Waals surface area (Å²) in [5.74, 6) is 1.77. The fraction of sp³-hybridized carbons (Fsp3) is 0.333. The van der Waals surface area contributed by atoms with E-state index in [1.807, 2.05) is 0 Å². The van der Waals surface area contributed by atoms with E-state index in [4.69, 9.17) is 18.9 Å². The molecule has 0 atom stereocenters. The summed E-state index contributed by atoms with van der Waals surface area (Å²) in [6, 6.07) is 9.46. The third-order valence-electron chi connectivity index (χ3n) is 3.89. The Morgan fingerprint density at radius 2 is 1.46 bits per heavy atom. The lowest BCUT2D eigenvalue weighted by atomic mass is 10.2. The Morgan fingerprint density at radius 3 is 2.00 bits per heavy atom. The quantitative estimate of drug-likeness (QED) is 0.700. The van der Waals surface area contributed by atoms with Crippen LogP contribution in [0.5, 0.6) is 23.0 Å². The number of methoxy groups -OCH3 is 4. The molecular formula is C18H23NO6S. The molecule has 0 aliphatic carbocycles. The van der Waals surface area contributed by atoms with Gasteiger partial charge in [-0.25, -0.2) is 8.42 Å². The smallest absolute Gasteiger partial charge is 0.264 e. The minimum Gasteiger partial charge on any atom is -0.497 e. The van der Waals surface area contributed by atoms with E-state index >= 15 is 0 Å². The van der Waals surface area contributed by atoms with Crippen molar-refractivity contribution in [1.29, 1.82) is 0 Å². The zero-order valence-corrected chi connectivity index (χ0v) is 16.3. The summed E-state index contributed by atoms with van der Waals surface area (Å²) in [6.07, 6.45) is 0. The van der Waals surface area contributed by atoms with Gasteiger partial charge in [0.2, 0.25) is 0 Å². The van der Waals surface area contributed by atoms with Gasteiger partial charge in [-0.15, -0.1) is 0 Å². The lowest BCUT2D eigenvalue weighted by Crippen LogP contribution is -2.31. The highest BCUT2D eigenvalue weighted by atomic mass is 32.2. The molecule has 0 amide bonds. The largest absolute Gasteiger partial charge is 0.497 e. The highest BCUT2D eigenvalue weighted by Crippen LogP contribution is 2.37. The van der Waals surface area contributed by atoms with Gasteiger partial charge < -0.3 is 18.9 Å². The number of benzene rings is 2. The molecule has 0 heterocycles. The first-order valence-corrected chi connectivity index (χ1v) is 9.33. The van der Waals surface area contributed by atoms with Gasteiger partial charge in [0, 0.05) is 18.7 Å². The van der Waals surface area contributed by atoms with Crippen LogP contribution in [0.1, 0.15) is 6.92 Å². The van der Waals surface area contributed by atoms with Crippen molar-refractivity contribution in [1.82, 2.24) is 0 Å². The lowest BCUT2D eigenvalue weighted by Gasteiger charge is -2.25. The van der Waals surface area contributed by atoms with Crippen molar-refractivity contribution in [3.8, 4) is 23.0 Å². The number of hydrogen-bond acceptors (Lipinski definition) is 6. The van der Waals surface area contributed by atoms with Crippen molar-refractivity contribution in [3.05, 3.63) is 36.4 Å². The van der Waals surface area contributed by atoms with E-state index in [0.29, 0.717) is 28.7 Å². The highest BCUT2D eigenvalue weighted by molar-refractivity contribution is 7.92. The Bertz CT molecular complexity index is 866. The number of hydrogen-bond donors (Lipinski definition) is 0. The second kappa shape index (κ2) is 8.18. The number of sulfonamides is 1. The molecule has 0 unspecified atom stereocenters. The third-order valence-corrected chi connectivity index (χ3v) is 5.77. The van der Waals surface area contributed by atoms with Crippen molar-refractivity contribution in [3.63, 3.8) is 0 Å². The SMILES string of the molecule is CCN(c1ccc(OC)cc1OC)S(=O)(=O)c1ccc(OC)c(OC)c1. The van der Waals surface area contributed by atoms with Crippen LogP contribution in [0.3, 0.4) is 0 Å². The maximum atomic E-state index is 13.2. The van der Waals surface area contributed by atoms with Crippen molar-refractivity contribution in [2.45, 2.75) is 11.8 Å². The van der Waals surface area contributed by atoms with E-state index in [1.54, 1.807) is 31.2 Å². The zero-order valence-electron chi connectivity index (χ0n) is 15.5. The predicted octanol–water partition coefficient (Wildman–Crippen LogP) is 2.94. The Balaban J connectivity index is 2.56. The molecule has 0 aromatic heterocycles. The molecule has 2 aromatic rings. The van der Waals surface area contributed by atoms with E-state index in [0.717, 1.165) is 0 Å². The standard InChI is InChI=1S/C18H23NO6S/c1-6-19(15-9-7-13(22-2)11-17(15)24-4)26(20,21)14-8-10-16(23-3)18(12-14)25-5/h7-12H,6H2,1-5H3. The third kappa shape index (κ3) is 3.65. The summed E-state index contributed by atoms with van der Waals surface area (Å²) in [5.41, 5.74) is 0.422. The Hall–Kier alpha value is -2.61. The van der Waals surface area contributed by atoms with Gasteiger partial charge in [0.05, 0.1) is 39.0 Å². The maximum Gasteiger partial charge on any atom is 0.264 e. The van der Waals surface area contributed by atoms with Crippen LogP contribution < -0.4 is 23.3 Å². The van der Waals surface area contributed by atoms with Crippen LogP contribution in [0.15, 0.2) is 41.3 Å². The molecular weight excluding hydrogens is 358 g/mol. The molecule has 2 aromatic carbocycles. The monoisotopic (exact) mass is 381 g/mol. The molecule has 8 heteroatoms. The van der Waals surface area contributed by atoms with Crippen LogP contribution in [0.25, 0.3) is 0 Å². The van der Waals surface area contributed by atoms with Gasteiger partial charge in [-0.2, -0.15) is 0 Å². The molecule has 0 spiro atoms. The van der Waals surface area contributed by atoms with Crippen molar-refractivity contribution < 1.29 is 27.4 Å². The summed E-state index contributed by atoms with van der Waals surface area (Å²) in [7, 11) is 2.13. The van der Waals surface area contributed by atoms with Crippen LogP contribution in [0, 0.1) is 0 Å².